The number of rotatable bonds is 5. The van der Waals surface area contributed by atoms with Crippen LogP contribution in [-0.4, -0.2) is 43.1 Å². The normalized spacial score (nSPS) is 26.1. The first-order valence-corrected chi connectivity index (χ1v) is 7.69. The molecule has 0 spiro atoms. The summed E-state index contributed by atoms with van der Waals surface area (Å²) in [6.07, 6.45) is 2.17. The number of halogens is 1. The molecule has 1 aliphatic carbocycles. The molecule has 1 saturated heterocycles. The molecule has 2 fully saturated rings. The Morgan fingerprint density at radius 2 is 2.24 bits per heavy atom. The maximum Gasteiger partial charge on any atom is 0.129 e. The lowest BCUT2D eigenvalue weighted by Crippen LogP contribution is -2.50. The van der Waals surface area contributed by atoms with Crippen LogP contribution < -0.4 is 10.2 Å². The second-order valence-corrected chi connectivity index (χ2v) is 6.03. The lowest BCUT2D eigenvalue weighted by atomic mass is 10.1. The predicted octanol–water partition coefficient (Wildman–Crippen LogP) is 1.66. The summed E-state index contributed by atoms with van der Waals surface area (Å²) in [5, 5.41) is 12.7. The minimum atomic E-state index is -0.200. The second-order valence-electron chi connectivity index (χ2n) is 6.03. The third-order valence-corrected chi connectivity index (χ3v) is 4.26. The van der Waals surface area contributed by atoms with Crippen molar-refractivity contribution in [1.82, 2.24) is 5.32 Å². The van der Waals surface area contributed by atoms with Crippen LogP contribution in [-0.2, 0) is 11.3 Å². The molecule has 0 amide bonds. The van der Waals surface area contributed by atoms with E-state index in [9.17, 15) is 9.50 Å². The van der Waals surface area contributed by atoms with E-state index in [1.165, 1.54) is 18.9 Å². The molecule has 5 heteroatoms. The molecule has 2 N–H and O–H groups in total. The summed E-state index contributed by atoms with van der Waals surface area (Å²) in [4.78, 5) is 2.15. The number of morpholine rings is 1. The van der Waals surface area contributed by atoms with E-state index in [0.717, 1.165) is 11.3 Å². The van der Waals surface area contributed by atoms with Crippen LogP contribution in [0.4, 0.5) is 10.1 Å². The van der Waals surface area contributed by atoms with Crippen LogP contribution in [0.15, 0.2) is 18.2 Å². The van der Waals surface area contributed by atoms with Gasteiger partial charge in [-0.15, -0.1) is 0 Å². The van der Waals surface area contributed by atoms with Crippen LogP contribution in [0, 0.1) is 5.82 Å². The van der Waals surface area contributed by atoms with Crippen molar-refractivity contribution >= 4 is 5.69 Å². The summed E-state index contributed by atoms with van der Waals surface area (Å²) < 4.78 is 19.8. The Hall–Kier alpha value is -1.17. The molecule has 1 aromatic rings. The number of ether oxygens (including phenoxy) is 1. The van der Waals surface area contributed by atoms with E-state index >= 15 is 0 Å². The van der Waals surface area contributed by atoms with Gasteiger partial charge < -0.3 is 20.1 Å². The maximum absolute atomic E-state index is 14.2. The van der Waals surface area contributed by atoms with Gasteiger partial charge in [-0.3, -0.25) is 0 Å². The van der Waals surface area contributed by atoms with Crippen molar-refractivity contribution in [3.63, 3.8) is 0 Å². The van der Waals surface area contributed by atoms with E-state index in [0.29, 0.717) is 25.7 Å². The molecule has 1 saturated carbocycles. The third-order valence-electron chi connectivity index (χ3n) is 4.26. The van der Waals surface area contributed by atoms with Gasteiger partial charge in [-0.1, -0.05) is 6.07 Å². The van der Waals surface area contributed by atoms with E-state index in [4.69, 9.17) is 4.74 Å². The maximum atomic E-state index is 14.2. The van der Waals surface area contributed by atoms with Crippen LogP contribution in [0.5, 0.6) is 0 Å². The summed E-state index contributed by atoms with van der Waals surface area (Å²) in [6.45, 7) is 3.76. The number of nitrogens with zero attached hydrogens (tertiary/aromatic N) is 1. The van der Waals surface area contributed by atoms with Crippen molar-refractivity contribution in [1.29, 1.82) is 0 Å². The predicted molar refractivity (Wildman–Crippen MR) is 79.9 cm³/mol. The van der Waals surface area contributed by atoms with E-state index in [2.05, 4.69) is 17.1 Å². The zero-order valence-electron chi connectivity index (χ0n) is 12.4. The number of hydrogen-bond acceptors (Lipinski definition) is 4. The molecule has 4 nitrogen and oxygen atoms in total. The fraction of sp³-hybridized carbons (Fsp3) is 0.625. The Bertz CT molecular complexity index is 493. The highest BCUT2D eigenvalue weighted by atomic mass is 19.1. The van der Waals surface area contributed by atoms with Gasteiger partial charge in [-0.05, 0) is 31.9 Å². The number of benzene rings is 1. The molecule has 2 atom stereocenters. The van der Waals surface area contributed by atoms with E-state index < -0.39 is 0 Å². The van der Waals surface area contributed by atoms with Crippen molar-refractivity contribution < 1.29 is 14.2 Å². The Morgan fingerprint density at radius 1 is 1.43 bits per heavy atom. The molecular formula is C16H23FN2O2. The lowest BCUT2D eigenvalue weighted by Gasteiger charge is -2.40. The van der Waals surface area contributed by atoms with Crippen molar-refractivity contribution in [3.8, 4) is 0 Å². The highest BCUT2D eigenvalue weighted by Crippen LogP contribution is 2.29. The van der Waals surface area contributed by atoms with Crippen molar-refractivity contribution in [2.24, 2.45) is 0 Å². The summed E-state index contributed by atoms with van der Waals surface area (Å²) in [7, 11) is 0. The first-order chi connectivity index (χ1) is 10.2. The number of aliphatic hydroxyl groups is 1. The van der Waals surface area contributed by atoms with Crippen molar-refractivity contribution in [2.75, 3.05) is 24.7 Å². The van der Waals surface area contributed by atoms with Gasteiger partial charge >= 0.3 is 0 Å². The van der Waals surface area contributed by atoms with Gasteiger partial charge in [-0.2, -0.15) is 0 Å². The molecule has 116 valence electrons. The van der Waals surface area contributed by atoms with Crippen molar-refractivity contribution in [3.05, 3.63) is 29.6 Å². The SMILES string of the molecule is CC1COC(CO)CN1c1cccc(F)c1CNC1CC1. The molecule has 3 rings (SSSR count). The van der Waals surface area contributed by atoms with Gasteiger partial charge in [-0.25, -0.2) is 4.39 Å². The van der Waals surface area contributed by atoms with E-state index in [1.54, 1.807) is 6.07 Å². The summed E-state index contributed by atoms with van der Waals surface area (Å²) >= 11 is 0. The van der Waals surface area contributed by atoms with Gasteiger partial charge in [0.15, 0.2) is 0 Å². The van der Waals surface area contributed by atoms with E-state index in [-0.39, 0.29) is 24.6 Å². The average molecular weight is 294 g/mol. The number of aliphatic hydroxyl groups excluding tert-OH is 1. The van der Waals surface area contributed by atoms with E-state index in [1.807, 2.05) is 6.07 Å². The minimum Gasteiger partial charge on any atom is -0.394 e. The Kier molecular flexibility index (Phi) is 4.42. The molecular weight excluding hydrogens is 271 g/mol. The van der Waals surface area contributed by atoms with Gasteiger partial charge in [0.25, 0.3) is 0 Å². The fourth-order valence-electron chi connectivity index (χ4n) is 2.79. The largest absolute Gasteiger partial charge is 0.394 e. The molecule has 2 aliphatic rings. The van der Waals surface area contributed by atoms with Crippen LogP contribution in [0.3, 0.4) is 0 Å². The lowest BCUT2D eigenvalue weighted by molar-refractivity contribution is -0.0104. The molecule has 2 unspecified atom stereocenters. The zero-order valence-corrected chi connectivity index (χ0v) is 12.4. The molecule has 21 heavy (non-hydrogen) atoms. The molecule has 0 aromatic heterocycles. The van der Waals surface area contributed by atoms with Crippen LogP contribution in [0.2, 0.25) is 0 Å². The first-order valence-electron chi connectivity index (χ1n) is 7.69. The van der Waals surface area contributed by atoms with Crippen LogP contribution >= 0.6 is 0 Å². The monoisotopic (exact) mass is 294 g/mol. The standard InChI is InChI=1S/C16H23FN2O2/c1-11-10-21-13(9-20)8-19(11)16-4-2-3-15(17)14(16)7-18-12-5-6-12/h2-4,11-13,18,20H,5-10H2,1H3. The van der Waals surface area contributed by atoms with Crippen LogP contribution in [0.1, 0.15) is 25.3 Å². The smallest absolute Gasteiger partial charge is 0.129 e. The highest BCUT2D eigenvalue weighted by molar-refractivity contribution is 5.55. The average Bonchev–Trinajstić information content (AvgIpc) is 3.31. The summed E-state index contributed by atoms with van der Waals surface area (Å²) in [5.41, 5.74) is 1.63. The van der Waals surface area contributed by atoms with Gasteiger partial charge in [0.05, 0.1) is 19.3 Å². The Morgan fingerprint density at radius 3 is 2.95 bits per heavy atom. The number of hydrogen-bond donors (Lipinski definition) is 2. The second kappa shape index (κ2) is 6.30. The molecule has 1 aromatic carbocycles. The minimum absolute atomic E-state index is 0.00576. The van der Waals surface area contributed by atoms with Gasteiger partial charge in [0, 0.05) is 36.4 Å². The third kappa shape index (κ3) is 3.36. The van der Waals surface area contributed by atoms with Crippen molar-refractivity contribution in [2.45, 2.75) is 44.5 Å². The quantitative estimate of drug-likeness (QED) is 0.867. The summed E-state index contributed by atoms with van der Waals surface area (Å²) in [5.74, 6) is -0.167. The fourth-order valence-corrected chi connectivity index (χ4v) is 2.79. The van der Waals surface area contributed by atoms with Crippen LogP contribution in [0.25, 0.3) is 0 Å². The topological polar surface area (TPSA) is 44.7 Å². The molecule has 0 radical (unpaired) electrons. The summed E-state index contributed by atoms with van der Waals surface area (Å²) in [6, 6.07) is 5.95. The Balaban J connectivity index is 1.83. The van der Waals surface area contributed by atoms with Gasteiger partial charge in [0.2, 0.25) is 0 Å². The zero-order chi connectivity index (χ0) is 14.8. The molecule has 1 heterocycles. The number of nitrogens with one attached hydrogen (secondary N) is 1. The first kappa shape index (κ1) is 14.8. The number of anilines is 1. The molecule has 0 bridgehead atoms. The highest BCUT2D eigenvalue weighted by Gasteiger charge is 2.28. The Labute approximate surface area is 124 Å². The van der Waals surface area contributed by atoms with Gasteiger partial charge in [0.1, 0.15) is 5.82 Å². The molecule has 1 aliphatic heterocycles.